The van der Waals surface area contributed by atoms with Crippen molar-refractivity contribution in [1.82, 2.24) is 0 Å². The minimum atomic E-state index is 0.329. The average Bonchev–Trinajstić information content (AvgIpc) is 3.01. The van der Waals surface area contributed by atoms with Gasteiger partial charge < -0.3 is 0 Å². The lowest BCUT2D eigenvalue weighted by Gasteiger charge is -2.62. The predicted octanol–water partition coefficient (Wildman–Crippen LogP) is 7.36. The number of carbonyl (C=O) groups excluding carboxylic acids is 1. The van der Waals surface area contributed by atoms with Gasteiger partial charge in [-0.15, -0.1) is 11.6 Å². The molecule has 0 aromatic rings. The normalized spacial score (nSPS) is 51.9. The molecule has 0 heterocycles. The van der Waals surface area contributed by atoms with E-state index in [1.54, 1.807) is 0 Å². The highest BCUT2D eigenvalue weighted by atomic mass is 35.5. The van der Waals surface area contributed by atoms with Gasteiger partial charge in [0.1, 0.15) is 5.78 Å². The topological polar surface area (TPSA) is 17.1 Å². The van der Waals surface area contributed by atoms with Crippen molar-refractivity contribution in [2.45, 2.75) is 92.4 Å². The van der Waals surface area contributed by atoms with Gasteiger partial charge in [-0.2, -0.15) is 0 Å². The van der Waals surface area contributed by atoms with Gasteiger partial charge in [0.2, 0.25) is 0 Å². The first kappa shape index (κ1) is 21.2. The zero-order valence-electron chi connectivity index (χ0n) is 19.0. The van der Waals surface area contributed by atoms with E-state index in [4.69, 9.17) is 11.6 Å². The summed E-state index contributed by atoms with van der Waals surface area (Å²) >= 11 is 6.12. The highest BCUT2D eigenvalue weighted by molar-refractivity contribution is 6.17. The average molecular weight is 407 g/mol. The maximum absolute atomic E-state index is 14.0. The smallest absolute Gasteiger partial charge is 0.139 e. The number of halogens is 1. The summed E-state index contributed by atoms with van der Waals surface area (Å²) in [5, 5.41) is 0. The molecule has 160 valence electrons. The largest absolute Gasteiger partial charge is 0.299 e. The van der Waals surface area contributed by atoms with Crippen LogP contribution in [0.3, 0.4) is 0 Å². The van der Waals surface area contributed by atoms with Gasteiger partial charge in [0, 0.05) is 17.7 Å². The molecule has 0 aliphatic heterocycles. The SMILES string of the molecule is CC[C@H]1C(=O)C2C3CCC([C@H](C)CCCl)[C@@]3(C)CCC2[C@@]2(C)CC[C@@H](C)C[C@@H]12. The van der Waals surface area contributed by atoms with Gasteiger partial charge >= 0.3 is 0 Å². The molecule has 28 heavy (non-hydrogen) atoms. The number of hydrogen-bond donors (Lipinski definition) is 0. The summed E-state index contributed by atoms with van der Waals surface area (Å²) in [6.45, 7) is 12.3. The van der Waals surface area contributed by atoms with Crippen LogP contribution in [0.5, 0.6) is 0 Å². The summed E-state index contributed by atoms with van der Waals surface area (Å²) < 4.78 is 0. The van der Waals surface area contributed by atoms with Crippen LogP contribution in [0.4, 0.5) is 0 Å². The van der Waals surface area contributed by atoms with E-state index in [0.717, 1.165) is 30.6 Å². The molecule has 0 saturated heterocycles. The van der Waals surface area contributed by atoms with E-state index >= 15 is 0 Å². The Bertz CT molecular complexity index is 601. The van der Waals surface area contributed by atoms with E-state index in [9.17, 15) is 4.79 Å². The third-order valence-electron chi connectivity index (χ3n) is 10.7. The molecule has 4 rings (SSSR count). The highest BCUT2D eigenvalue weighted by Crippen LogP contribution is 2.69. The Morgan fingerprint density at radius 3 is 2.39 bits per heavy atom. The first-order chi connectivity index (χ1) is 13.3. The van der Waals surface area contributed by atoms with E-state index in [1.807, 2.05) is 0 Å². The van der Waals surface area contributed by atoms with Gasteiger partial charge in [-0.05, 0) is 97.7 Å². The quantitative estimate of drug-likeness (QED) is 0.445. The number of ketones is 1. The van der Waals surface area contributed by atoms with Crippen LogP contribution in [-0.2, 0) is 4.79 Å². The molecule has 2 heteroatoms. The molecule has 4 aliphatic rings. The first-order valence-corrected chi connectivity index (χ1v) is 12.9. The van der Waals surface area contributed by atoms with Crippen LogP contribution in [0, 0.1) is 58.2 Å². The molecule has 0 bridgehead atoms. The molecule has 4 fully saturated rings. The zero-order chi connectivity index (χ0) is 20.3. The van der Waals surface area contributed by atoms with Crippen molar-refractivity contribution >= 4 is 17.4 Å². The number of Topliss-reactive ketones (excluding diaryl/α,β-unsaturated/α-hetero) is 1. The lowest BCUT2D eigenvalue weighted by Crippen LogP contribution is -2.60. The molecule has 0 amide bonds. The van der Waals surface area contributed by atoms with Crippen LogP contribution < -0.4 is 0 Å². The molecule has 0 radical (unpaired) electrons. The molecule has 0 aromatic carbocycles. The summed E-state index contributed by atoms with van der Waals surface area (Å²) in [5.74, 6) is 6.34. The molecular formula is C26H43ClO. The van der Waals surface area contributed by atoms with Crippen molar-refractivity contribution in [3.63, 3.8) is 0 Å². The fourth-order valence-electron chi connectivity index (χ4n) is 9.20. The molecule has 4 saturated carbocycles. The summed E-state index contributed by atoms with van der Waals surface area (Å²) in [4.78, 5) is 14.0. The minimum absolute atomic E-state index is 0.329. The summed E-state index contributed by atoms with van der Waals surface area (Å²) in [6.07, 6.45) is 11.5. The minimum Gasteiger partial charge on any atom is -0.299 e. The number of alkyl halides is 1. The van der Waals surface area contributed by atoms with Crippen molar-refractivity contribution in [2.24, 2.45) is 58.2 Å². The van der Waals surface area contributed by atoms with Crippen LogP contribution in [0.15, 0.2) is 0 Å². The standard InChI is InChI=1S/C26H43ClO/c1-6-18-22-15-16(2)9-12-26(22,5)21-10-13-25(4)19(17(3)11-14-27)7-8-20(25)23(21)24(18)28/h16-23H,6-15H2,1-5H3/t16-,17-,18-,19?,20?,21?,22+,23?,25-,26-/m1/s1. The Kier molecular flexibility index (Phi) is 5.74. The fourth-order valence-corrected chi connectivity index (χ4v) is 9.55. The molecule has 0 spiro atoms. The molecule has 10 atom stereocenters. The maximum atomic E-state index is 14.0. The number of rotatable bonds is 4. The van der Waals surface area contributed by atoms with E-state index in [2.05, 4.69) is 34.6 Å². The van der Waals surface area contributed by atoms with Crippen LogP contribution >= 0.6 is 11.6 Å². The van der Waals surface area contributed by atoms with E-state index in [1.165, 1.54) is 44.9 Å². The Hall–Kier alpha value is -0.0400. The molecule has 0 N–H and O–H groups in total. The zero-order valence-corrected chi connectivity index (χ0v) is 19.7. The monoisotopic (exact) mass is 406 g/mol. The van der Waals surface area contributed by atoms with Crippen LogP contribution in [0.2, 0.25) is 0 Å². The van der Waals surface area contributed by atoms with Crippen molar-refractivity contribution in [1.29, 1.82) is 0 Å². The summed E-state index contributed by atoms with van der Waals surface area (Å²) in [7, 11) is 0. The van der Waals surface area contributed by atoms with Gasteiger partial charge in [0.25, 0.3) is 0 Å². The molecule has 1 nitrogen and oxygen atoms in total. The van der Waals surface area contributed by atoms with Crippen LogP contribution in [0.1, 0.15) is 92.4 Å². The van der Waals surface area contributed by atoms with E-state index in [0.29, 0.717) is 52.1 Å². The van der Waals surface area contributed by atoms with Gasteiger partial charge in [-0.1, -0.05) is 41.0 Å². The van der Waals surface area contributed by atoms with Crippen molar-refractivity contribution in [2.75, 3.05) is 5.88 Å². The Morgan fingerprint density at radius 2 is 1.71 bits per heavy atom. The highest BCUT2D eigenvalue weighted by Gasteiger charge is 2.64. The lowest BCUT2D eigenvalue weighted by molar-refractivity contribution is -0.170. The van der Waals surface area contributed by atoms with Gasteiger partial charge in [-0.3, -0.25) is 4.79 Å². The number of hydrogen-bond acceptors (Lipinski definition) is 1. The molecule has 4 unspecified atom stereocenters. The number of carbonyl (C=O) groups is 1. The van der Waals surface area contributed by atoms with E-state index in [-0.39, 0.29) is 0 Å². The lowest BCUT2D eigenvalue weighted by atomic mass is 9.41. The Balaban J connectivity index is 1.68. The van der Waals surface area contributed by atoms with Crippen molar-refractivity contribution < 1.29 is 4.79 Å². The summed E-state index contributed by atoms with van der Waals surface area (Å²) in [6, 6.07) is 0. The van der Waals surface area contributed by atoms with Gasteiger partial charge in [0.05, 0.1) is 0 Å². The second-order valence-electron chi connectivity index (χ2n) is 11.8. The van der Waals surface area contributed by atoms with Crippen molar-refractivity contribution in [3.05, 3.63) is 0 Å². The second kappa shape index (κ2) is 7.58. The second-order valence-corrected chi connectivity index (χ2v) is 12.2. The molecule has 0 aromatic heterocycles. The van der Waals surface area contributed by atoms with E-state index < -0.39 is 0 Å². The predicted molar refractivity (Wildman–Crippen MR) is 118 cm³/mol. The molecular weight excluding hydrogens is 364 g/mol. The molecule has 4 aliphatic carbocycles. The van der Waals surface area contributed by atoms with Crippen molar-refractivity contribution in [3.8, 4) is 0 Å². The Morgan fingerprint density at radius 1 is 1.04 bits per heavy atom. The third-order valence-corrected chi connectivity index (χ3v) is 11.0. The van der Waals surface area contributed by atoms with Gasteiger partial charge in [-0.25, -0.2) is 0 Å². The first-order valence-electron chi connectivity index (χ1n) is 12.4. The fraction of sp³-hybridized carbons (Fsp3) is 0.962. The van der Waals surface area contributed by atoms with Crippen LogP contribution in [-0.4, -0.2) is 11.7 Å². The summed E-state index contributed by atoms with van der Waals surface area (Å²) in [5.41, 5.74) is 0.776. The van der Waals surface area contributed by atoms with Gasteiger partial charge in [0.15, 0.2) is 0 Å². The Labute approximate surface area is 178 Å². The number of fused-ring (bicyclic) bond motifs is 5. The maximum Gasteiger partial charge on any atom is 0.139 e. The third kappa shape index (κ3) is 2.96. The van der Waals surface area contributed by atoms with Crippen LogP contribution in [0.25, 0.3) is 0 Å².